The monoisotopic (exact) mass is 672 g/mol. The molecule has 0 bridgehead atoms. The Morgan fingerprint density at radius 3 is 1.46 bits per heavy atom. The summed E-state index contributed by atoms with van der Waals surface area (Å²) in [5, 5.41) is 23.8. The van der Waals surface area contributed by atoms with Gasteiger partial charge in [0.05, 0.1) is 24.5 Å². The molecule has 12 nitrogen and oxygen atoms in total. The predicted octanol–water partition coefficient (Wildman–Crippen LogP) is 4.01. The summed E-state index contributed by atoms with van der Waals surface area (Å²) < 4.78 is 3.93. The molecule has 4 heterocycles. The Hall–Kier alpha value is -5.46. The van der Waals surface area contributed by atoms with Crippen LogP contribution in [0.25, 0.3) is 33.2 Å². The Labute approximate surface area is 291 Å². The third kappa shape index (κ3) is 8.57. The summed E-state index contributed by atoms with van der Waals surface area (Å²) in [6.07, 6.45) is 4.09. The normalized spacial score (nSPS) is 11.4. The van der Waals surface area contributed by atoms with Gasteiger partial charge in [0.2, 0.25) is 11.8 Å². The molecule has 2 amide bonds. The maximum Gasteiger partial charge on any atom is 0.216 e. The van der Waals surface area contributed by atoms with Crippen molar-refractivity contribution in [1.29, 1.82) is 0 Å². The number of fused-ring (bicyclic) bond motifs is 2. The van der Waals surface area contributed by atoms with Crippen LogP contribution in [0.3, 0.4) is 0 Å². The van der Waals surface area contributed by atoms with Gasteiger partial charge in [-0.25, -0.2) is 9.97 Å². The van der Waals surface area contributed by atoms with Crippen molar-refractivity contribution in [3.63, 3.8) is 0 Å². The first-order valence-electron chi connectivity index (χ1n) is 17.0. The predicted molar refractivity (Wildman–Crippen MR) is 195 cm³/mol. The van der Waals surface area contributed by atoms with Gasteiger partial charge in [-0.05, 0) is 71.5 Å². The first-order chi connectivity index (χ1) is 24.2. The molecule has 2 aromatic carbocycles. The summed E-state index contributed by atoms with van der Waals surface area (Å²) in [6.45, 7) is 12.4. The summed E-state index contributed by atoms with van der Waals surface area (Å²) in [4.78, 5) is 31.6. The Morgan fingerprint density at radius 1 is 0.600 bits per heavy atom. The lowest BCUT2D eigenvalue weighted by atomic mass is 9.91. The molecule has 0 radical (unpaired) electrons. The Morgan fingerprint density at radius 2 is 1.04 bits per heavy atom. The highest BCUT2D eigenvalue weighted by molar-refractivity contribution is 5.76. The van der Waals surface area contributed by atoms with Crippen molar-refractivity contribution < 1.29 is 9.59 Å². The van der Waals surface area contributed by atoms with E-state index in [9.17, 15) is 9.59 Å². The van der Waals surface area contributed by atoms with Gasteiger partial charge < -0.3 is 21.3 Å². The third-order valence-corrected chi connectivity index (χ3v) is 8.76. The molecule has 0 fully saturated rings. The van der Waals surface area contributed by atoms with Crippen LogP contribution >= 0.6 is 0 Å². The van der Waals surface area contributed by atoms with Crippen LogP contribution in [-0.4, -0.2) is 67.5 Å². The van der Waals surface area contributed by atoms with Crippen LogP contribution in [0.1, 0.15) is 47.5 Å². The van der Waals surface area contributed by atoms with E-state index in [1.807, 2.05) is 33.9 Å². The molecule has 0 aliphatic heterocycles. The number of hydrogen-bond donors (Lipinski definition) is 4. The molecule has 4 N–H and O–H groups in total. The highest BCUT2D eigenvalue weighted by atomic mass is 16.2. The lowest BCUT2D eigenvalue weighted by molar-refractivity contribution is -0.119. The van der Waals surface area contributed by atoms with Crippen molar-refractivity contribution in [2.45, 2.75) is 53.9 Å². The third-order valence-electron chi connectivity index (χ3n) is 8.76. The molecule has 12 heteroatoms. The fourth-order valence-electron chi connectivity index (χ4n) is 6.07. The second-order valence-corrected chi connectivity index (χ2v) is 12.6. The quantitative estimate of drug-likeness (QED) is 0.120. The van der Waals surface area contributed by atoms with Crippen LogP contribution in [0, 0.1) is 13.8 Å². The van der Waals surface area contributed by atoms with E-state index in [0.29, 0.717) is 52.4 Å². The van der Waals surface area contributed by atoms with Gasteiger partial charge in [-0.15, -0.1) is 0 Å². The summed E-state index contributed by atoms with van der Waals surface area (Å²) in [6, 6.07) is 21.1. The van der Waals surface area contributed by atoms with Gasteiger partial charge in [-0.1, -0.05) is 36.4 Å². The van der Waals surface area contributed by atoms with Crippen molar-refractivity contribution in [2.24, 2.45) is 0 Å². The van der Waals surface area contributed by atoms with Crippen LogP contribution in [-0.2, 0) is 35.8 Å². The van der Waals surface area contributed by atoms with E-state index in [2.05, 4.69) is 83.6 Å². The highest BCUT2D eigenvalue weighted by Crippen LogP contribution is 2.31. The molecular weight excluding hydrogens is 628 g/mol. The number of nitrogens with zero attached hydrogens (tertiary/aromatic N) is 6. The maximum absolute atomic E-state index is 11.1. The van der Waals surface area contributed by atoms with Crippen LogP contribution in [0.4, 0.5) is 0 Å². The minimum absolute atomic E-state index is 0.0313. The number of hydrogen-bond acceptors (Lipinski definition) is 8. The van der Waals surface area contributed by atoms with E-state index in [4.69, 9.17) is 20.2 Å². The fourth-order valence-corrected chi connectivity index (χ4v) is 6.07. The molecule has 6 rings (SSSR count). The van der Waals surface area contributed by atoms with Gasteiger partial charge in [0.25, 0.3) is 0 Å². The van der Waals surface area contributed by atoms with Gasteiger partial charge in [0.1, 0.15) is 0 Å². The zero-order valence-corrected chi connectivity index (χ0v) is 29.1. The summed E-state index contributed by atoms with van der Waals surface area (Å²) in [7, 11) is 0. The number of carbonyl (C=O) groups excluding carboxylic acids is 2. The van der Waals surface area contributed by atoms with E-state index < -0.39 is 0 Å². The molecule has 50 heavy (non-hydrogen) atoms. The number of benzene rings is 2. The van der Waals surface area contributed by atoms with Crippen molar-refractivity contribution in [3.05, 3.63) is 107 Å². The van der Waals surface area contributed by atoms with Gasteiger partial charge in [-0.2, -0.15) is 10.2 Å². The van der Waals surface area contributed by atoms with Gasteiger partial charge in [-0.3, -0.25) is 19.0 Å². The molecular formula is C38H44N10O2. The molecule has 0 aliphatic carbocycles. The first kappa shape index (κ1) is 34.4. The highest BCUT2D eigenvalue weighted by Gasteiger charge is 2.14. The van der Waals surface area contributed by atoms with Crippen molar-refractivity contribution in [2.75, 3.05) is 26.2 Å². The average molecular weight is 673 g/mol. The summed E-state index contributed by atoms with van der Waals surface area (Å²) in [5.74, 6) is -0.0627. The minimum atomic E-state index is -0.0313. The SMILES string of the molecule is CC(=O)NCCNCc1ccc2cn(Cc3cccc(-c4cccc(Cn5cc6ccc(CNCCNC(C)=O)nc6n5)c4C)c3C)nc2n1. The largest absolute Gasteiger partial charge is 0.355 e. The average Bonchev–Trinajstić information content (AvgIpc) is 3.68. The molecule has 0 saturated carbocycles. The lowest BCUT2D eigenvalue weighted by Gasteiger charge is -2.16. The second-order valence-electron chi connectivity index (χ2n) is 12.6. The van der Waals surface area contributed by atoms with Crippen molar-refractivity contribution >= 4 is 33.9 Å². The number of amides is 2. The van der Waals surface area contributed by atoms with Gasteiger partial charge in [0, 0.05) is 76.3 Å². The molecule has 0 atom stereocenters. The van der Waals surface area contributed by atoms with E-state index in [1.54, 1.807) is 0 Å². The van der Waals surface area contributed by atoms with Gasteiger partial charge in [0.15, 0.2) is 11.3 Å². The van der Waals surface area contributed by atoms with E-state index in [-0.39, 0.29) is 11.8 Å². The molecule has 6 aromatic rings. The van der Waals surface area contributed by atoms with Crippen LogP contribution < -0.4 is 21.3 Å². The Bertz CT molecular complexity index is 1980. The van der Waals surface area contributed by atoms with Crippen LogP contribution in [0.2, 0.25) is 0 Å². The molecule has 258 valence electrons. The second kappa shape index (κ2) is 15.8. The summed E-state index contributed by atoms with van der Waals surface area (Å²) in [5.41, 5.74) is 10.5. The minimum Gasteiger partial charge on any atom is -0.355 e. The molecule has 0 unspecified atom stereocenters. The number of rotatable bonds is 15. The Balaban J connectivity index is 1.13. The van der Waals surface area contributed by atoms with Gasteiger partial charge >= 0.3 is 0 Å². The Kier molecular flexibility index (Phi) is 10.9. The lowest BCUT2D eigenvalue weighted by Crippen LogP contribution is -2.30. The first-order valence-corrected chi connectivity index (χ1v) is 17.0. The molecule has 4 aromatic heterocycles. The van der Waals surface area contributed by atoms with E-state index in [1.165, 1.54) is 47.2 Å². The number of carbonyl (C=O) groups is 2. The number of nitrogens with one attached hydrogen (secondary N) is 4. The van der Waals surface area contributed by atoms with Crippen molar-refractivity contribution in [1.82, 2.24) is 50.8 Å². The number of pyridine rings is 2. The topological polar surface area (TPSA) is 144 Å². The fraction of sp³-hybridized carbons (Fsp3) is 0.316. The maximum atomic E-state index is 11.1. The van der Waals surface area contributed by atoms with Crippen LogP contribution in [0.5, 0.6) is 0 Å². The zero-order chi connectivity index (χ0) is 35.0. The molecule has 0 spiro atoms. The number of aromatic nitrogens is 6. The van der Waals surface area contributed by atoms with E-state index in [0.717, 1.165) is 33.5 Å². The smallest absolute Gasteiger partial charge is 0.216 e. The van der Waals surface area contributed by atoms with Crippen LogP contribution in [0.15, 0.2) is 73.1 Å². The summed E-state index contributed by atoms with van der Waals surface area (Å²) >= 11 is 0. The standard InChI is InChI=1S/C38H44N10O2/c1-25-29(21-47-23-31-11-13-33(43-37(31)45-47)19-39-15-17-41-27(3)49)7-5-9-35(25)36-10-6-8-30(26(36)2)22-48-24-32-12-14-34(44-38(32)46-48)20-40-16-18-42-28(4)50/h5-14,23-24,39-40H,15-22H2,1-4H3,(H,41,49)(H,42,50). The van der Waals surface area contributed by atoms with Crippen molar-refractivity contribution in [3.8, 4) is 11.1 Å². The molecule has 0 saturated heterocycles. The zero-order valence-electron chi connectivity index (χ0n) is 29.1. The molecule has 0 aliphatic rings. The van der Waals surface area contributed by atoms with E-state index >= 15 is 0 Å².